The Morgan fingerprint density at radius 1 is 0.303 bits per heavy atom. The van der Waals surface area contributed by atoms with Crippen molar-refractivity contribution in [2.24, 2.45) is 0 Å². The van der Waals surface area contributed by atoms with Crippen molar-refractivity contribution in [3.8, 4) is 0 Å². The number of rotatable bonds is 18. The molecule has 0 spiro atoms. The predicted molar refractivity (Wildman–Crippen MR) is 161 cm³/mol. The minimum atomic E-state index is -1.82. The van der Waals surface area contributed by atoms with Crippen LogP contribution in [0, 0.1) is 0 Å². The summed E-state index contributed by atoms with van der Waals surface area (Å²) in [7, 11) is -17.2. The van der Waals surface area contributed by atoms with E-state index in [1.165, 1.54) is 0 Å². The molecule has 0 aromatic carbocycles. The average molecular weight is 643 g/mol. The Morgan fingerprint density at radius 3 is 0.606 bits per heavy atom. The standard InChI is InChI=1S/C14H50O9Si10/c1-24(16-26(3)18-28(5)20-30(7)22-32(9,10)11)15-25(2)17-27(4)19-29(6)21-31(8)23-33(12,13)14/h24-31H,1-14H3. The Morgan fingerprint density at radius 2 is 0.455 bits per heavy atom. The van der Waals surface area contributed by atoms with E-state index in [4.69, 9.17) is 37.0 Å². The molecule has 0 saturated heterocycles. The Balaban J connectivity index is 4.25. The Kier molecular flexibility index (Phi) is 17.5. The zero-order valence-corrected chi connectivity index (χ0v) is 34.5. The highest BCUT2D eigenvalue weighted by Gasteiger charge is 2.27. The van der Waals surface area contributed by atoms with Gasteiger partial charge in [-0.25, -0.2) is 0 Å². The normalized spacial score (nSPS) is 20.5. The van der Waals surface area contributed by atoms with Gasteiger partial charge in [0.15, 0.2) is 16.6 Å². The van der Waals surface area contributed by atoms with E-state index in [2.05, 4.69) is 52.4 Å². The monoisotopic (exact) mass is 642 g/mol. The van der Waals surface area contributed by atoms with Crippen molar-refractivity contribution < 1.29 is 37.0 Å². The van der Waals surface area contributed by atoms with Crippen LogP contribution in [0.4, 0.5) is 0 Å². The fraction of sp³-hybridized carbons (Fsp3) is 1.00. The molecular formula is C14H50O9Si10. The molecule has 8 unspecified atom stereocenters. The molecule has 0 N–H and O–H groups in total. The fourth-order valence-corrected chi connectivity index (χ4v) is 32.7. The molecule has 8 atom stereocenters. The third kappa shape index (κ3) is 21.6. The van der Waals surface area contributed by atoms with Crippen molar-refractivity contribution in [3.05, 3.63) is 0 Å². The quantitative estimate of drug-likeness (QED) is 0.207. The van der Waals surface area contributed by atoms with Gasteiger partial charge in [-0.1, -0.05) is 0 Å². The molecule has 33 heavy (non-hydrogen) atoms. The summed E-state index contributed by atoms with van der Waals surface area (Å²) in [6.45, 7) is 29.5. The van der Waals surface area contributed by atoms with Crippen molar-refractivity contribution in [2.45, 2.75) is 91.7 Å². The zero-order chi connectivity index (χ0) is 26.0. The summed E-state index contributed by atoms with van der Waals surface area (Å²) in [5, 5.41) is 0. The highest BCUT2D eigenvalue weighted by atomic mass is 28.5. The fourth-order valence-electron chi connectivity index (χ4n) is 3.13. The first kappa shape index (κ1) is 34.8. The predicted octanol–water partition coefficient (Wildman–Crippen LogP) is 1.61. The molecule has 0 fully saturated rings. The topological polar surface area (TPSA) is 83.1 Å². The molecule has 9 nitrogen and oxygen atoms in total. The summed E-state index contributed by atoms with van der Waals surface area (Å²) < 4.78 is 54.8. The van der Waals surface area contributed by atoms with Gasteiger partial charge in [-0.05, 0) is 91.7 Å². The van der Waals surface area contributed by atoms with Crippen LogP contribution in [0.2, 0.25) is 91.7 Å². The van der Waals surface area contributed by atoms with E-state index in [1.54, 1.807) is 0 Å². The molecule has 0 aromatic heterocycles. The second-order valence-electron chi connectivity index (χ2n) is 9.95. The van der Waals surface area contributed by atoms with Gasteiger partial charge in [0, 0.05) is 0 Å². The van der Waals surface area contributed by atoms with Gasteiger partial charge in [0.25, 0.3) is 74.3 Å². The van der Waals surface area contributed by atoms with Gasteiger partial charge >= 0.3 is 0 Å². The summed E-state index contributed by atoms with van der Waals surface area (Å²) >= 11 is 0. The summed E-state index contributed by atoms with van der Waals surface area (Å²) in [6, 6.07) is 0. The SMILES string of the molecule is C[SiH](O[SiH](C)O[SiH](C)O[SiH](C)O[SiH](C)O[Si](C)(C)C)O[SiH](C)O[SiH](C)O[SiH](C)O[Si](C)(C)C. The maximum Gasteiger partial charge on any atom is 0.300 e. The molecule has 0 saturated carbocycles. The van der Waals surface area contributed by atoms with Crippen LogP contribution in [-0.4, -0.2) is 90.9 Å². The van der Waals surface area contributed by atoms with Crippen LogP contribution < -0.4 is 0 Å². The van der Waals surface area contributed by atoms with Crippen molar-refractivity contribution in [2.75, 3.05) is 0 Å². The van der Waals surface area contributed by atoms with E-state index in [9.17, 15) is 0 Å². The summed E-state index contributed by atoms with van der Waals surface area (Å²) in [6.07, 6.45) is 0. The average Bonchev–Trinajstić information content (AvgIpc) is 2.48. The molecule has 0 radical (unpaired) electrons. The van der Waals surface area contributed by atoms with E-state index in [0.717, 1.165) is 0 Å². The zero-order valence-electron chi connectivity index (χ0n) is 23.3. The molecular weight excluding hydrogens is 593 g/mol. The molecule has 0 heterocycles. The lowest BCUT2D eigenvalue weighted by Gasteiger charge is -2.28. The Labute approximate surface area is 218 Å². The van der Waals surface area contributed by atoms with E-state index in [-0.39, 0.29) is 0 Å². The summed E-state index contributed by atoms with van der Waals surface area (Å²) in [5.74, 6) is 0. The minimum Gasteiger partial charge on any atom is -0.439 e. The summed E-state index contributed by atoms with van der Waals surface area (Å²) in [4.78, 5) is 0. The first-order valence-electron chi connectivity index (χ1n) is 11.8. The first-order chi connectivity index (χ1) is 14.9. The smallest absolute Gasteiger partial charge is 0.300 e. The minimum absolute atomic E-state index is 1.57. The van der Waals surface area contributed by atoms with Crippen LogP contribution in [0.1, 0.15) is 0 Å². The lowest BCUT2D eigenvalue weighted by Crippen LogP contribution is -2.43. The van der Waals surface area contributed by atoms with Crippen molar-refractivity contribution in [1.82, 2.24) is 0 Å². The molecule has 0 rings (SSSR count). The maximum atomic E-state index is 6.12. The van der Waals surface area contributed by atoms with Crippen molar-refractivity contribution >= 4 is 90.9 Å². The highest BCUT2D eigenvalue weighted by Crippen LogP contribution is 2.10. The first-order valence-corrected chi connectivity index (χ1v) is 35.4. The molecule has 0 aliphatic rings. The van der Waals surface area contributed by atoms with Gasteiger partial charge in [0.05, 0.1) is 0 Å². The molecule has 0 aromatic rings. The molecule has 200 valence electrons. The molecule has 0 amide bonds. The Hall–Kier alpha value is 1.81. The van der Waals surface area contributed by atoms with Crippen molar-refractivity contribution in [3.63, 3.8) is 0 Å². The van der Waals surface area contributed by atoms with Crippen LogP contribution in [0.25, 0.3) is 0 Å². The van der Waals surface area contributed by atoms with Crippen molar-refractivity contribution in [1.29, 1.82) is 0 Å². The van der Waals surface area contributed by atoms with Crippen LogP contribution in [0.5, 0.6) is 0 Å². The molecule has 0 bridgehead atoms. The van der Waals surface area contributed by atoms with E-state index < -0.39 is 90.9 Å². The third-order valence-corrected chi connectivity index (χ3v) is 33.5. The maximum absolute atomic E-state index is 6.12. The van der Waals surface area contributed by atoms with E-state index in [1.807, 2.05) is 39.3 Å². The lowest BCUT2D eigenvalue weighted by atomic mass is 11.8. The second-order valence-corrected chi connectivity index (χ2v) is 37.0. The molecule has 19 heteroatoms. The van der Waals surface area contributed by atoms with Gasteiger partial charge in [0.1, 0.15) is 0 Å². The van der Waals surface area contributed by atoms with Crippen LogP contribution >= 0.6 is 0 Å². The van der Waals surface area contributed by atoms with Crippen LogP contribution in [-0.2, 0) is 37.0 Å². The van der Waals surface area contributed by atoms with E-state index in [0.29, 0.717) is 0 Å². The number of hydrogen-bond acceptors (Lipinski definition) is 9. The van der Waals surface area contributed by atoms with Gasteiger partial charge in [-0.15, -0.1) is 0 Å². The summed E-state index contributed by atoms with van der Waals surface area (Å²) in [5.41, 5.74) is 0. The van der Waals surface area contributed by atoms with Crippen LogP contribution in [0.3, 0.4) is 0 Å². The van der Waals surface area contributed by atoms with Gasteiger partial charge in [-0.3, -0.25) is 0 Å². The lowest BCUT2D eigenvalue weighted by molar-refractivity contribution is 0.312. The molecule has 0 aliphatic carbocycles. The van der Waals surface area contributed by atoms with E-state index >= 15 is 0 Å². The van der Waals surface area contributed by atoms with Gasteiger partial charge in [-0.2, -0.15) is 0 Å². The Bertz CT molecular complexity index is 483. The van der Waals surface area contributed by atoms with Gasteiger partial charge in [0.2, 0.25) is 0 Å². The van der Waals surface area contributed by atoms with Gasteiger partial charge < -0.3 is 37.0 Å². The second kappa shape index (κ2) is 16.6. The molecule has 0 aliphatic heterocycles. The largest absolute Gasteiger partial charge is 0.439 e. The number of hydrogen-bond donors (Lipinski definition) is 0. The third-order valence-electron chi connectivity index (χ3n) is 3.72. The van der Waals surface area contributed by atoms with Crippen LogP contribution in [0.15, 0.2) is 0 Å². The highest BCUT2D eigenvalue weighted by molar-refractivity contribution is 6.78.